The maximum atomic E-state index is 12.9. The fraction of sp³-hybridized carbons (Fsp3) is 0.167. The van der Waals surface area contributed by atoms with Gasteiger partial charge in [0.25, 0.3) is 11.8 Å². The summed E-state index contributed by atoms with van der Waals surface area (Å²) in [5.41, 5.74) is -0.297. The summed E-state index contributed by atoms with van der Waals surface area (Å²) in [6.07, 6.45) is -5.50. The number of phenolic OH excluding ortho intramolecular Hbond substituents is 1. The molecule has 0 aliphatic heterocycles. The smallest absolute Gasteiger partial charge is 0.416 e. The van der Waals surface area contributed by atoms with Crippen LogP contribution < -0.4 is 15.4 Å². The van der Waals surface area contributed by atoms with Crippen LogP contribution in [0.4, 0.5) is 24.5 Å². The second-order valence-corrected chi connectivity index (χ2v) is 7.85. The first kappa shape index (κ1) is 24.9. The third-order valence-electron chi connectivity index (χ3n) is 4.75. The van der Waals surface area contributed by atoms with Crippen LogP contribution in [0.5, 0.6) is 11.5 Å². The molecule has 0 aromatic heterocycles. The van der Waals surface area contributed by atoms with Gasteiger partial charge in [-0.15, -0.1) is 0 Å². The summed E-state index contributed by atoms with van der Waals surface area (Å²) in [5.74, 6) is -1.38. The summed E-state index contributed by atoms with van der Waals surface area (Å²) in [5, 5.41) is 15.1. The van der Waals surface area contributed by atoms with Crippen molar-refractivity contribution >= 4 is 34.8 Å². The summed E-state index contributed by atoms with van der Waals surface area (Å²) in [6, 6.07) is 13.2. The van der Waals surface area contributed by atoms with Gasteiger partial charge in [-0.05, 0) is 50.2 Å². The molecule has 0 bridgehead atoms. The number of rotatable bonds is 6. The molecular formula is C24H20ClF3N2O4. The molecule has 10 heteroatoms. The lowest BCUT2D eigenvalue weighted by atomic mass is 10.1. The average Bonchev–Trinajstić information content (AvgIpc) is 2.78. The Kier molecular flexibility index (Phi) is 7.36. The first-order chi connectivity index (χ1) is 15.9. The normalized spacial score (nSPS) is 12.1. The number of nitrogens with one attached hydrogen (secondary N) is 2. The minimum absolute atomic E-state index is 0.0203. The van der Waals surface area contributed by atoms with Gasteiger partial charge in [0.05, 0.1) is 22.0 Å². The molecule has 178 valence electrons. The number of aromatic hydroxyl groups is 1. The predicted molar refractivity (Wildman–Crippen MR) is 122 cm³/mol. The summed E-state index contributed by atoms with van der Waals surface area (Å²) in [6.45, 7) is 3.45. The van der Waals surface area contributed by atoms with Gasteiger partial charge in [0.1, 0.15) is 11.5 Å². The second-order valence-electron chi connectivity index (χ2n) is 7.44. The molecule has 1 unspecified atom stereocenters. The molecule has 3 rings (SSSR count). The molecule has 3 aromatic carbocycles. The molecule has 0 saturated heterocycles. The van der Waals surface area contributed by atoms with Crippen molar-refractivity contribution in [3.63, 3.8) is 0 Å². The Labute approximate surface area is 198 Å². The molecule has 0 fully saturated rings. The molecule has 34 heavy (non-hydrogen) atoms. The SMILES string of the molecule is Cc1ccc(OC(C)C(=O)Nc2cc(O)c(NC(=O)c3cccc(C(F)(F)F)c3)cc2Cl)cc1. The molecule has 0 radical (unpaired) electrons. The Morgan fingerprint density at radius 1 is 1.00 bits per heavy atom. The van der Waals surface area contributed by atoms with Crippen LogP contribution in [-0.2, 0) is 11.0 Å². The molecule has 0 aliphatic carbocycles. The van der Waals surface area contributed by atoms with Crippen LogP contribution in [0.2, 0.25) is 5.02 Å². The van der Waals surface area contributed by atoms with E-state index in [-0.39, 0.29) is 22.0 Å². The van der Waals surface area contributed by atoms with E-state index in [1.165, 1.54) is 19.1 Å². The van der Waals surface area contributed by atoms with E-state index < -0.39 is 35.4 Å². The molecule has 2 amide bonds. The Morgan fingerprint density at radius 3 is 2.32 bits per heavy atom. The topological polar surface area (TPSA) is 87.7 Å². The van der Waals surface area contributed by atoms with E-state index >= 15 is 0 Å². The van der Waals surface area contributed by atoms with E-state index in [1.54, 1.807) is 12.1 Å². The number of alkyl halides is 3. The van der Waals surface area contributed by atoms with Gasteiger partial charge in [-0.25, -0.2) is 0 Å². The van der Waals surface area contributed by atoms with Gasteiger partial charge in [-0.2, -0.15) is 13.2 Å². The summed E-state index contributed by atoms with van der Waals surface area (Å²) in [7, 11) is 0. The largest absolute Gasteiger partial charge is 0.506 e. The lowest BCUT2D eigenvalue weighted by Gasteiger charge is -2.16. The van der Waals surface area contributed by atoms with Crippen LogP contribution in [0.15, 0.2) is 60.7 Å². The number of ether oxygens (including phenoxy) is 1. The fourth-order valence-corrected chi connectivity index (χ4v) is 3.11. The van der Waals surface area contributed by atoms with Crippen LogP contribution in [0, 0.1) is 6.92 Å². The van der Waals surface area contributed by atoms with Crippen LogP contribution in [0.1, 0.15) is 28.4 Å². The van der Waals surface area contributed by atoms with E-state index in [9.17, 15) is 27.9 Å². The van der Waals surface area contributed by atoms with Crippen LogP contribution in [0.3, 0.4) is 0 Å². The zero-order valence-electron chi connectivity index (χ0n) is 18.0. The number of aryl methyl sites for hydroxylation is 1. The highest BCUT2D eigenvalue weighted by Gasteiger charge is 2.31. The van der Waals surface area contributed by atoms with Crippen molar-refractivity contribution in [1.29, 1.82) is 0 Å². The molecule has 0 heterocycles. The summed E-state index contributed by atoms with van der Waals surface area (Å²) < 4.78 is 44.2. The second kappa shape index (κ2) is 10.0. The van der Waals surface area contributed by atoms with Gasteiger partial charge in [0.2, 0.25) is 0 Å². The Morgan fingerprint density at radius 2 is 1.68 bits per heavy atom. The highest BCUT2D eigenvalue weighted by atomic mass is 35.5. The third-order valence-corrected chi connectivity index (χ3v) is 5.06. The first-order valence-corrected chi connectivity index (χ1v) is 10.4. The van der Waals surface area contributed by atoms with Gasteiger partial charge in [0, 0.05) is 11.6 Å². The minimum atomic E-state index is -4.61. The Bertz CT molecular complexity index is 1210. The molecule has 0 spiro atoms. The maximum absolute atomic E-state index is 12.9. The lowest BCUT2D eigenvalue weighted by molar-refractivity contribution is -0.137. The third kappa shape index (κ3) is 6.20. The van der Waals surface area contributed by atoms with E-state index in [0.29, 0.717) is 11.8 Å². The van der Waals surface area contributed by atoms with Crippen molar-refractivity contribution in [1.82, 2.24) is 0 Å². The van der Waals surface area contributed by atoms with E-state index in [4.69, 9.17) is 16.3 Å². The first-order valence-electron chi connectivity index (χ1n) is 9.99. The molecule has 3 N–H and O–H groups in total. The minimum Gasteiger partial charge on any atom is -0.506 e. The van der Waals surface area contributed by atoms with Crippen LogP contribution in [-0.4, -0.2) is 23.0 Å². The Balaban J connectivity index is 1.70. The van der Waals surface area contributed by atoms with Crippen molar-refractivity contribution in [3.8, 4) is 11.5 Å². The number of hydrogen-bond acceptors (Lipinski definition) is 4. The summed E-state index contributed by atoms with van der Waals surface area (Å²) in [4.78, 5) is 24.9. The van der Waals surface area contributed by atoms with Crippen molar-refractivity contribution in [3.05, 3.63) is 82.4 Å². The standard InChI is InChI=1S/C24H20ClF3N2O4/c1-13-6-8-17(9-7-13)34-14(2)22(32)29-19-12-21(31)20(11-18(19)25)30-23(33)15-4-3-5-16(10-15)24(26,27)28/h3-12,14,31H,1-2H3,(H,29,32)(H,30,33). The number of halogens is 4. The number of benzene rings is 3. The van der Waals surface area contributed by atoms with E-state index in [2.05, 4.69) is 10.6 Å². The number of carbonyl (C=O) groups excluding carboxylic acids is 2. The highest BCUT2D eigenvalue weighted by Crippen LogP contribution is 2.35. The van der Waals surface area contributed by atoms with Gasteiger partial charge >= 0.3 is 6.18 Å². The van der Waals surface area contributed by atoms with Crippen LogP contribution in [0.25, 0.3) is 0 Å². The zero-order valence-corrected chi connectivity index (χ0v) is 18.8. The summed E-state index contributed by atoms with van der Waals surface area (Å²) >= 11 is 6.18. The van der Waals surface area contributed by atoms with Crippen LogP contribution >= 0.6 is 11.6 Å². The van der Waals surface area contributed by atoms with Gasteiger partial charge in [-0.1, -0.05) is 35.4 Å². The van der Waals surface area contributed by atoms with Crippen molar-refractivity contribution in [2.75, 3.05) is 10.6 Å². The molecule has 0 aliphatic rings. The maximum Gasteiger partial charge on any atom is 0.416 e. The molecule has 6 nitrogen and oxygen atoms in total. The molecule has 0 saturated carbocycles. The number of phenols is 1. The molecular weight excluding hydrogens is 473 g/mol. The van der Waals surface area contributed by atoms with E-state index in [0.717, 1.165) is 23.8 Å². The number of hydrogen-bond donors (Lipinski definition) is 3. The van der Waals surface area contributed by atoms with Crippen molar-refractivity contribution in [2.24, 2.45) is 0 Å². The lowest BCUT2D eigenvalue weighted by Crippen LogP contribution is -2.30. The zero-order chi connectivity index (χ0) is 25.0. The number of amides is 2. The number of carbonyl (C=O) groups is 2. The van der Waals surface area contributed by atoms with Gasteiger partial charge < -0.3 is 20.5 Å². The van der Waals surface area contributed by atoms with Gasteiger partial charge in [0.15, 0.2) is 6.10 Å². The van der Waals surface area contributed by atoms with Crippen molar-refractivity contribution in [2.45, 2.75) is 26.1 Å². The highest BCUT2D eigenvalue weighted by molar-refractivity contribution is 6.34. The number of anilines is 2. The average molecular weight is 493 g/mol. The van der Waals surface area contributed by atoms with Gasteiger partial charge in [-0.3, -0.25) is 9.59 Å². The predicted octanol–water partition coefficient (Wildman–Crippen LogP) is 6.03. The quantitative estimate of drug-likeness (QED) is 0.366. The monoisotopic (exact) mass is 492 g/mol. The fourth-order valence-electron chi connectivity index (χ4n) is 2.90. The van der Waals surface area contributed by atoms with E-state index in [1.807, 2.05) is 19.1 Å². The molecule has 3 aromatic rings. The molecule has 1 atom stereocenters. The van der Waals surface area contributed by atoms with Crippen molar-refractivity contribution < 1.29 is 32.6 Å². The Hall–Kier alpha value is -3.72.